The molecule has 8 heteroatoms. The van der Waals surface area contributed by atoms with E-state index in [2.05, 4.69) is 24.9 Å². The maximum Gasteiger partial charge on any atom is 0.253 e. The molecule has 4 aromatic rings. The number of hydrogen-bond donors (Lipinski definition) is 2. The number of aliphatic hydroxyl groups excluding tert-OH is 1. The van der Waals surface area contributed by atoms with Crippen molar-refractivity contribution in [2.75, 3.05) is 13.1 Å². The number of carbonyl (C=O) groups is 1. The number of likely N-dealkylation sites (tertiary alicyclic amines) is 1. The summed E-state index contributed by atoms with van der Waals surface area (Å²) in [5, 5.41) is 11.4. The summed E-state index contributed by atoms with van der Waals surface area (Å²) in [7, 11) is 0. The molecule has 1 aliphatic rings. The van der Waals surface area contributed by atoms with Crippen molar-refractivity contribution < 1.29 is 9.90 Å². The fraction of sp³-hybridized carbons (Fsp3) is 0.227. The molecule has 0 spiro atoms. The second-order valence-corrected chi connectivity index (χ2v) is 7.48. The van der Waals surface area contributed by atoms with E-state index in [9.17, 15) is 9.90 Å². The maximum atomic E-state index is 13.1. The van der Waals surface area contributed by atoms with Crippen LogP contribution in [-0.2, 0) is 6.42 Å². The Balaban J connectivity index is 1.37. The standard InChI is InChI=1S/C22H20N6O2/c29-19-12-28(11-16(19)9-17-10-23-6-7-24-17)22(30)15-3-1-2-14(8-15)20-18-4-5-25-21(18)27-13-26-20/h1-8,10,13,16,19,29H,9,11-12H2,(H,25,26,27)/t16-,19-/m1/s1. The van der Waals surface area contributed by atoms with Gasteiger partial charge in [-0.15, -0.1) is 0 Å². The number of aromatic amines is 1. The van der Waals surface area contributed by atoms with Gasteiger partial charge in [0.2, 0.25) is 0 Å². The smallest absolute Gasteiger partial charge is 0.253 e. The molecule has 2 atom stereocenters. The number of aliphatic hydroxyl groups is 1. The lowest BCUT2D eigenvalue weighted by Crippen LogP contribution is -2.29. The van der Waals surface area contributed by atoms with Crippen molar-refractivity contribution in [2.24, 2.45) is 5.92 Å². The molecule has 0 radical (unpaired) electrons. The monoisotopic (exact) mass is 400 g/mol. The SMILES string of the molecule is O=C(c1cccc(-c2ncnc3[nH]ccc23)c1)N1C[C@@H](Cc2cnccn2)[C@H](O)C1. The van der Waals surface area contributed by atoms with Crippen LogP contribution < -0.4 is 0 Å². The highest BCUT2D eigenvalue weighted by atomic mass is 16.3. The van der Waals surface area contributed by atoms with Crippen LogP contribution in [0.5, 0.6) is 0 Å². The number of nitrogens with one attached hydrogen (secondary N) is 1. The number of nitrogens with zero attached hydrogens (tertiary/aromatic N) is 5. The summed E-state index contributed by atoms with van der Waals surface area (Å²) in [6, 6.07) is 9.35. The molecule has 30 heavy (non-hydrogen) atoms. The molecule has 8 nitrogen and oxygen atoms in total. The van der Waals surface area contributed by atoms with E-state index in [-0.39, 0.29) is 11.8 Å². The summed E-state index contributed by atoms with van der Waals surface area (Å²) >= 11 is 0. The van der Waals surface area contributed by atoms with Crippen LogP contribution in [0.25, 0.3) is 22.3 Å². The van der Waals surface area contributed by atoms with Crippen LogP contribution in [0.4, 0.5) is 0 Å². The quantitative estimate of drug-likeness (QED) is 0.543. The number of benzene rings is 1. The second-order valence-electron chi connectivity index (χ2n) is 7.48. The van der Waals surface area contributed by atoms with E-state index < -0.39 is 6.10 Å². The minimum absolute atomic E-state index is 0.0600. The zero-order valence-corrected chi connectivity index (χ0v) is 16.1. The first-order chi connectivity index (χ1) is 14.7. The van der Waals surface area contributed by atoms with Gasteiger partial charge in [-0.25, -0.2) is 9.97 Å². The highest BCUT2D eigenvalue weighted by Gasteiger charge is 2.34. The average molecular weight is 400 g/mol. The van der Waals surface area contributed by atoms with Crippen LogP contribution >= 0.6 is 0 Å². The summed E-state index contributed by atoms with van der Waals surface area (Å²) in [6.45, 7) is 0.792. The van der Waals surface area contributed by atoms with Crippen molar-refractivity contribution in [3.05, 3.63) is 72.7 Å². The lowest BCUT2D eigenvalue weighted by molar-refractivity contribution is 0.0764. The zero-order valence-electron chi connectivity index (χ0n) is 16.1. The third kappa shape index (κ3) is 3.42. The van der Waals surface area contributed by atoms with Gasteiger partial charge >= 0.3 is 0 Å². The molecule has 0 bridgehead atoms. The van der Waals surface area contributed by atoms with Crippen LogP contribution in [0, 0.1) is 5.92 Å². The van der Waals surface area contributed by atoms with Crippen LogP contribution in [0.1, 0.15) is 16.1 Å². The molecule has 1 saturated heterocycles. The molecule has 4 heterocycles. The molecule has 2 N–H and O–H groups in total. The highest BCUT2D eigenvalue weighted by molar-refractivity contribution is 5.97. The Morgan fingerprint density at radius 2 is 2.10 bits per heavy atom. The third-order valence-electron chi connectivity index (χ3n) is 5.52. The fourth-order valence-electron chi connectivity index (χ4n) is 4.01. The molecule has 0 unspecified atom stereocenters. The Morgan fingerprint density at radius 3 is 2.97 bits per heavy atom. The molecule has 1 amide bonds. The fourth-order valence-corrected chi connectivity index (χ4v) is 4.01. The van der Waals surface area contributed by atoms with Gasteiger partial charge in [0.15, 0.2) is 0 Å². The summed E-state index contributed by atoms with van der Waals surface area (Å²) < 4.78 is 0. The topological polar surface area (TPSA) is 108 Å². The van der Waals surface area contributed by atoms with E-state index in [1.807, 2.05) is 30.5 Å². The highest BCUT2D eigenvalue weighted by Crippen LogP contribution is 2.27. The number of hydrogen-bond acceptors (Lipinski definition) is 6. The number of amides is 1. The van der Waals surface area contributed by atoms with Gasteiger partial charge in [-0.05, 0) is 24.6 Å². The van der Waals surface area contributed by atoms with Gasteiger partial charge in [0.1, 0.15) is 12.0 Å². The van der Waals surface area contributed by atoms with Gasteiger partial charge in [0, 0.05) is 60.3 Å². The van der Waals surface area contributed by atoms with Crippen molar-refractivity contribution in [2.45, 2.75) is 12.5 Å². The lowest BCUT2D eigenvalue weighted by Gasteiger charge is -2.16. The van der Waals surface area contributed by atoms with Crippen molar-refractivity contribution in [1.82, 2.24) is 29.8 Å². The van der Waals surface area contributed by atoms with Gasteiger partial charge in [0.05, 0.1) is 17.5 Å². The number of aromatic nitrogens is 5. The molecular weight excluding hydrogens is 380 g/mol. The van der Waals surface area contributed by atoms with Crippen molar-refractivity contribution in [3.63, 3.8) is 0 Å². The van der Waals surface area contributed by atoms with E-state index in [0.717, 1.165) is 28.0 Å². The van der Waals surface area contributed by atoms with Crippen LogP contribution in [0.15, 0.2) is 61.4 Å². The van der Waals surface area contributed by atoms with E-state index in [0.29, 0.717) is 25.1 Å². The molecule has 150 valence electrons. The lowest BCUT2D eigenvalue weighted by atomic mass is 10.0. The summed E-state index contributed by atoms with van der Waals surface area (Å²) in [4.78, 5) is 34.9. The Hall–Kier alpha value is -3.65. The van der Waals surface area contributed by atoms with Gasteiger partial charge in [-0.1, -0.05) is 12.1 Å². The van der Waals surface area contributed by atoms with Gasteiger partial charge < -0.3 is 15.0 Å². The Kier molecular flexibility index (Phi) is 4.68. The van der Waals surface area contributed by atoms with E-state index in [4.69, 9.17) is 0 Å². The summed E-state index contributed by atoms with van der Waals surface area (Å²) in [5.41, 5.74) is 3.77. The number of β-amino-alcohol motifs (C(OH)–C–C–N with tert-alkyl or cyclic N) is 1. The zero-order chi connectivity index (χ0) is 20.5. The van der Waals surface area contributed by atoms with E-state index in [1.54, 1.807) is 29.6 Å². The third-order valence-corrected chi connectivity index (χ3v) is 5.52. The summed E-state index contributed by atoms with van der Waals surface area (Å²) in [5.74, 6) is -0.160. The predicted molar refractivity (Wildman–Crippen MR) is 110 cm³/mol. The molecule has 3 aromatic heterocycles. The first kappa shape index (κ1) is 18.4. The van der Waals surface area contributed by atoms with Gasteiger partial charge in [-0.2, -0.15) is 0 Å². The Bertz CT molecular complexity index is 1190. The Morgan fingerprint density at radius 1 is 1.17 bits per heavy atom. The molecule has 1 fully saturated rings. The second kappa shape index (κ2) is 7.64. The van der Waals surface area contributed by atoms with Crippen molar-refractivity contribution in [3.8, 4) is 11.3 Å². The maximum absolute atomic E-state index is 13.1. The van der Waals surface area contributed by atoms with Crippen LogP contribution in [0.3, 0.4) is 0 Å². The van der Waals surface area contributed by atoms with Gasteiger partial charge in [-0.3, -0.25) is 14.8 Å². The van der Waals surface area contributed by atoms with E-state index >= 15 is 0 Å². The minimum atomic E-state index is -0.583. The minimum Gasteiger partial charge on any atom is -0.391 e. The molecule has 0 saturated carbocycles. The average Bonchev–Trinajstić information content (AvgIpc) is 3.41. The van der Waals surface area contributed by atoms with Crippen LogP contribution in [-0.4, -0.2) is 60.0 Å². The summed E-state index contributed by atoms with van der Waals surface area (Å²) in [6.07, 6.45) is 8.29. The molecule has 5 rings (SSSR count). The number of fused-ring (bicyclic) bond motifs is 1. The molecule has 1 aliphatic heterocycles. The number of H-pyrrole nitrogens is 1. The molecular formula is C22H20N6O2. The van der Waals surface area contributed by atoms with Gasteiger partial charge in [0.25, 0.3) is 5.91 Å². The largest absolute Gasteiger partial charge is 0.391 e. The molecule has 0 aliphatic carbocycles. The number of carbonyl (C=O) groups excluding carboxylic acids is 1. The van der Waals surface area contributed by atoms with Crippen molar-refractivity contribution in [1.29, 1.82) is 0 Å². The Labute approximate surface area is 172 Å². The van der Waals surface area contributed by atoms with E-state index in [1.165, 1.54) is 6.33 Å². The van der Waals surface area contributed by atoms with Crippen molar-refractivity contribution >= 4 is 16.9 Å². The first-order valence-corrected chi connectivity index (χ1v) is 9.80. The van der Waals surface area contributed by atoms with Crippen LogP contribution in [0.2, 0.25) is 0 Å². The predicted octanol–water partition coefficient (Wildman–Crippen LogP) is 2.09. The molecule has 1 aromatic carbocycles. The normalized spacial score (nSPS) is 18.8. The first-order valence-electron chi connectivity index (χ1n) is 9.80. The number of rotatable bonds is 4.